The van der Waals surface area contributed by atoms with Crippen molar-refractivity contribution in [1.82, 2.24) is 0 Å². The van der Waals surface area contributed by atoms with Gasteiger partial charge in [-0.2, -0.15) is 0 Å². The molecular weight excluding hydrogens is 499 g/mol. The maximum atomic E-state index is 13.5. The fourth-order valence-electron chi connectivity index (χ4n) is 2.88. The summed E-state index contributed by atoms with van der Waals surface area (Å²) >= 11 is 9.16. The second-order valence-corrected chi connectivity index (χ2v) is 8.20. The lowest BCUT2D eigenvalue weighted by Crippen LogP contribution is -2.16. The van der Waals surface area contributed by atoms with Gasteiger partial charge in [0.25, 0.3) is 0 Å². The summed E-state index contributed by atoms with van der Waals surface area (Å²) < 4.78 is 19.5. The second kappa shape index (κ2) is 11.2. The highest BCUT2D eigenvalue weighted by molar-refractivity contribution is 9.09. The van der Waals surface area contributed by atoms with E-state index < -0.39 is 5.82 Å². The number of aliphatic imine (C=N–C) groups is 2. The molecule has 0 bridgehead atoms. The molecular formula is C23H23BrClFN4O2. The van der Waals surface area contributed by atoms with E-state index >= 15 is 0 Å². The first kappa shape index (κ1) is 23.9. The molecule has 0 heterocycles. The number of benzene rings is 2. The predicted octanol–water partition coefficient (Wildman–Crippen LogP) is 5.98. The first-order chi connectivity index (χ1) is 15.4. The Morgan fingerprint density at radius 1 is 1.34 bits per heavy atom. The molecule has 168 valence electrons. The van der Waals surface area contributed by atoms with E-state index in [0.29, 0.717) is 52.1 Å². The number of allylic oxidation sites excluding steroid dienone is 1. The maximum absolute atomic E-state index is 13.5. The van der Waals surface area contributed by atoms with Crippen molar-refractivity contribution in [3.05, 3.63) is 58.9 Å². The molecule has 0 radical (unpaired) electrons. The van der Waals surface area contributed by atoms with E-state index in [1.807, 2.05) is 0 Å². The highest BCUT2D eigenvalue weighted by Gasteiger charge is 2.23. The summed E-state index contributed by atoms with van der Waals surface area (Å²) in [7, 11) is 1.61. The van der Waals surface area contributed by atoms with Crippen LogP contribution in [-0.2, 0) is 4.79 Å². The van der Waals surface area contributed by atoms with Crippen molar-refractivity contribution in [2.24, 2.45) is 15.9 Å². The number of anilines is 2. The van der Waals surface area contributed by atoms with Crippen LogP contribution in [0.25, 0.3) is 0 Å². The van der Waals surface area contributed by atoms with Crippen LogP contribution in [0.5, 0.6) is 5.75 Å². The van der Waals surface area contributed by atoms with Crippen LogP contribution >= 0.6 is 27.5 Å². The third-order valence-electron chi connectivity index (χ3n) is 4.72. The summed E-state index contributed by atoms with van der Waals surface area (Å²) in [5.74, 6) is 0.669. The standard InChI is InChI=1S/C23H23BrClFN4O2/c1-27-19-12-21(32-13-14-5-6-14)20(30-22(31)4-3-9-24)11-16(19)23(28-2)29-15-7-8-18(26)17(25)10-15/h3-4,7-8,10-12,14H,1,5-6,9,13H2,2H3,(H,28,29)(H,30,31)/b4-3+. The van der Waals surface area contributed by atoms with Crippen LogP contribution in [0.1, 0.15) is 18.4 Å². The molecule has 0 atom stereocenters. The van der Waals surface area contributed by atoms with E-state index in [1.54, 1.807) is 31.3 Å². The Hall–Kier alpha value is -2.71. The quantitative estimate of drug-likeness (QED) is 0.185. The van der Waals surface area contributed by atoms with E-state index in [0.717, 1.165) is 12.8 Å². The van der Waals surface area contributed by atoms with Gasteiger partial charge in [0.1, 0.15) is 17.4 Å². The number of halogens is 3. The lowest BCUT2D eigenvalue weighted by atomic mass is 10.1. The minimum Gasteiger partial charge on any atom is -0.491 e. The van der Waals surface area contributed by atoms with Crippen LogP contribution in [0, 0.1) is 11.7 Å². The Morgan fingerprint density at radius 3 is 2.75 bits per heavy atom. The first-order valence-corrected chi connectivity index (χ1v) is 11.4. The van der Waals surface area contributed by atoms with Gasteiger partial charge in [-0.25, -0.2) is 4.39 Å². The molecule has 32 heavy (non-hydrogen) atoms. The van der Waals surface area contributed by atoms with E-state index in [9.17, 15) is 9.18 Å². The van der Waals surface area contributed by atoms with Crippen LogP contribution in [0.3, 0.4) is 0 Å². The number of hydrogen-bond donors (Lipinski definition) is 2. The predicted molar refractivity (Wildman–Crippen MR) is 133 cm³/mol. The van der Waals surface area contributed by atoms with Gasteiger partial charge in [-0.1, -0.05) is 33.6 Å². The third kappa shape index (κ3) is 6.40. The van der Waals surface area contributed by atoms with Crippen molar-refractivity contribution in [2.75, 3.05) is 29.6 Å². The van der Waals surface area contributed by atoms with Crippen LogP contribution in [-0.4, -0.2) is 37.4 Å². The zero-order valence-corrected chi connectivity index (χ0v) is 19.8. The Kier molecular flexibility index (Phi) is 8.41. The Balaban J connectivity index is 1.96. The normalized spacial score (nSPS) is 13.8. The summed E-state index contributed by atoms with van der Waals surface area (Å²) in [4.78, 5) is 20.8. The molecule has 2 N–H and O–H groups in total. The van der Waals surface area contributed by atoms with Crippen LogP contribution in [0.2, 0.25) is 5.02 Å². The Morgan fingerprint density at radius 2 is 2.12 bits per heavy atom. The summed E-state index contributed by atoms with van der Waals surface area (Å²) in [6.07, 6.45) is 5.40. The fraction of sp³-hybridized carbons (Fsp3) is 0.261. The molecule has 9 heteroatoms. The zero-order chi connectivity index (χ0) is 23.1. The Labute approximate surface area is 199 Å². The lowest BCUT2D eigenvalue weighted by Gasteiger charge is -2.17. The summed E-state index contributed by atoms with van der Waals surface area (Å²) in [6.45, 7) is 4.22. The molecule has 1 aliphatic carbocycles. The molecule has 0 spiro atoms. The van der Waals surface area contributed by atoms with E-state index in [2.05, 4.69) is 43.3 Å². The van der Waals surface area contributed by atoms with Gasteiger partial charge in [-0.05, 0) is 49.7 Å². The zero-order valence-electron chi connectivity index (χ0n) is 17.5. The van der Waals surface area contributed by atoms with Crippen molar-refractivity contribution < 1.29 is 13.9 Å². The highest BCUT2D eigenvalue weighted by Crippen LogP contribution is 2.36. The number of carbonyl (C=O) groups is 1. The summed E-state index contributed by atoms with van der Waals surface area (Å²) in [5.41, 5.74) is 2.14. The molecule has 6 nitrogen and oxygen atoms in total. The van der Waals surface area contributed by atoms with E-state index in [-0.39, 0.29) is 10.9 Å². The average molecular weight is 522 g/mol. The molecule has 0 aromatic heterocycles. The average Bonchev–Trinajstić information content (AvgIpc) is 3.62. The molecule has 2 aromatic rings. The highest BCUT2D eigenvalue weighted by atomic mass is 79.9. The third-order valence-corrected chi connectivity index (χ3v) is 5.38. The smallest absolute Gasteiger partial charge is 0.248 e. The lowest BCUT2D eigenvalue weighted by molar-refractivity contribution is -0.111. The van der Waals surface area contributed by atoms with Gasteiger partial charge >= 0.3 is 0 Å². The van der Waals surface area contributed by atoms with Gasteiger partial charge in [0, 0.05) is 35.8 Å². The number of alkyl halides is 1. The topological polar surface area (TPSA) is 75.1 Å². The van der Waals surface area contributed by atoms with Crippen molar-refractivity contribution >= 4 is 63.1 Å². The summed E-state index contributed by atoms with van der Waals surface area (Å²) in [6, 6.07) is 7.73. The SMILES string of the molecule is C=Nc1cc(OCC2CC2)c(NC(=O)/C=C/CBr)cc1/C(=N\C)Nc1ccc(F)c(Cl)c1. The summed E-state index contributed by atoms with van der Waals surface area (Å²) in [5, 5.41) is 6.52. The van der Waals surface area contributed by atoms with Crippen LogP contribution < -0.4 is 15.4 Å². The monoisotopic (exact) mass is 520 g/mol. The van der Waals surface area contributed by atoms with Crippen molar-refractivity contribution in [1.29, 1.82) is 0 Å². The largest absolute Gasteiger partial charge is 0.491 e. The van der Waals surface area contributed by atoms with E-state index in [4.69, 9.17) is 16.3 Å². The number of amides is 1. The van der Waals surface area contributed by atoms with E-state index in [1.165, 1.54) is 18.2 Å². The molecule has 3 rings (SSSR count). The first-order valence-electron chi connectivity index (χ1n) is 9.95. The molecule has 0 unspecified atom stereocenters. The molecule has 1 saturated carbocycles. The van der Waals surface area contributed by atoms with Crippen molar-refractivity contribution in [2.45, 2.75) is 12.8 Å². The number of carbonyl (C=O) groups excluding carboxylic acids is 1. The van der Waals surface area contributed by atoms with Gasteiger partial charge in [0.2, 0.25) is 5.91 Å². The van der Waals surface area contributed by atoms with Gasteiger partial charge in [-0.3, -0.25) is 14.8 Å². The minimum absolute atomic E-state index is 0.0112. The number of rotatable bonds is 9. The molecule has 0 saturated heterocycles. The minimum atomic E-state index is -0.514. The Bertz CT molecular complexity index is 1070. The number of nitrogens with one attached hydrogen (secondary N) is 2. The van der Waals surface area contributed by atoms with Crippen molar-refractivity contribution in [3.63, 3.8) is 0 Å². The number of nitrogens with zero attached hydrogens (tertiary/aromatic N) is 2. The van der Waals surface area contributed by atoms with Crippen LogP contribution in [0.15, 0.2) is 52.5 Å². The molecule has 1 aliphatic rings. The second-order valence-electron chi connectivity index (χ2n) is 7.15. The van der Waals surface area contributed by atoms with Gasteiger partial charge in [0.05, 0.1) is 23.0 Å². The van der Waals surface area contributed by atoms with Crippen molar-refractivity contribution in [3.8, 4) is 5.75 Å². The molecule has 1 fully saturated rings. The van der Waals surface area contributed by atoms with Gasteiger partial charge < -0.3 is 15.4 Å². The van der Waals surface area contributed by atoms with Gasteiger partial charge in [0.15, 0.2) is 0 Å². The maximum Gasteiger partial charge on any atom is 0.248 e. The number of hydrogen-bond acceptors (Lipinski definition) is 4. The molecule has 0 aliphatic heterocycles. The number of ether oxygens (including phenoxy) is 1. The fourth-order valence-corrected chi connectivity index (χ4v) is 3.25. The van der Waals surface area contributed by atoms with Gasteiger partial charge in [-0.15, -0.1) is 0 Å². The molecule has 1 amide bonds. The van der Waals surface area contributed by atoms with Crippen LogP contribution in [0.4, 0.5) is 21.5 Å². The number of amidine groups is 1. The molecule has 2 aromatic carbocycles.